The molecule has 0 saturated carbocycles. The van der Waals surface area contributed by atoms with E-state index in [0.29, 0.717) is 24.4 Å². The number of fused-ring (bicyclic) bond motifs is 1. The van der Waals surface area contributed by atoms with E-state index in [9.17, 15) is 19.2 Å². The van der Waals surface area contributed by atoms with Crippen LogP contribution < -0.4 is 20.9 Å². The summed E-state index contributed by atoms with van der Waals surface area (Å²) < 4.78 is 0. The molecule has 2 heterocycles. The van der Waals surface area contributed by atoms with E-state index in [1.165, 1.54) is 11.8 Å². The van der Waals surface area contributed by atoms with Crippen LogP contribution in [0.3, 0.4) is 0 Å². The molecule has 0 bridgehead atoms. The summed E-state index contributed by atoms with van der Waals surface area (Å²) in [6, 6.07) is 5.72. The Morgan fingerprint density at radius 1 is 1.21 bits per heavy atom. The van der Waals surface area contributed by atoms with Gasteiger partial charge in [0.15, 0.2) is 5.82 Å². The summed E-state index contributed by atoms with van der Waals surface area (Å²) in [5.41, 5.74) is 1.48. The fourth-order valence-corrected chi connectivity index (χ4v) is 3.72. The Balaban J connectivity index is 1.70. The number of anilines is 1. The first-order valence-corrected chi connectivity index (χ1v) is 10.8. The zero-order valence-corrected chi connectivity index (χ0v) is 18.8. The van der Waals surface area contributed by atoms with E-state index < -0.39 is 23.9 Å². The predicted octanol–water partition coefficient (Wildman–Crippen LogP) is -0.559. The summed E-state index contributed by atoms with van der Waals surface area (Å²) in [6.07, 6.45) is 1.02. The third-order valence-corrected chi connectivity index (χ3v) is 5.63. The number of rotatable bonds is 9. The highest BCUT2D eigenvalue weighted by molar-refractivity contribution is 6.05. The van der Waals surface area contributed by atoms with Gasteiger partial charge in [0, 0.05) is 19.0 Å². The molecular weight excluding hydrogens is 428 g/mol. The molecule has 0 fully saturated rings. The molecule has 12 heteroatoms. The van der Waals surface area contributed by atoms with E-state index >= 15 is 0 Å². The summed E-state index contributed by atoms with van der Waals surface area (Å²) in [7, 11) is 0. The number of nitrogens with zero attached hydrogens (tertiary/aromatic N) is 4. The number of nitrogens with one attached hydrogen (secondary N) is 4. The monoisotopic (exact) mass is 456 g/mol. The maximum atomic E-state index is 13.1. The molecule has 0 aliphatic carbocycles. The molecule has 0 radical (unpaired) electrons. The number of hydrogen-bond donors (Lipinski definition) is 4. The minimum absolute atomic E-state index is 0.0637. The topological polar surface area (TPSA) is 162 Å². The summed E-state index contributed by atoms with van der Waals surface area (Å²) in [4.78, 5) is 51.6. The van der Waals surface area contributed by atoms with Crippen molar-refractivity contribution < 1.29 is 19.2 Å². The fraction of sp³-hybridized carbons (Fsp3) is 0.476. The first-order chi connectivity index (χ1) is 15.8. The molecular formula is C21H28N8O4. The summed E-state index contributed by atoms with van der Waals surface area (Å²) >= 11 is 0. The molecule has 1 aliphatic rings. The Kier molecular flexibility index (Phi) is 7.70. The van der Waals surface area contributed by atoms with E-state index in [1.54, 1.807) is 12.1 Å². The van der Waals surface area contributed by atoms with Crippen molar-refractivity contribution in [2.75, 3.05) is 11.4 Å². The quantitative estimate of drug-likeness (QED) is 0.393. The summed E-state index contributed by atoms with van der Waals surface area (Å²) in [6.45, 7) is 4.86. The zero-order chi connectivity index (χ0) is 24.0. The first-order valence-electron chi connectivity index (χ1n) is 10.8. The standard InChI is InChI=1S/C21H28N8O4/c1-4-12(2)19(24-13(3)30)21(33)23-11-18(31)29-15-8-6-5-7-14(15)9-16(29)20(32)22-10-17-25-27-28-26-17/h5-8,12,16,19H,4,9-11H2,1-3H3,(H,22,32)(H,23,33)(H,24,30)(H,25,26,27,28)/t12?,16-,19?/m0/s1. The fourth-order valence-electron chi connectivity index (χ4n) is 3.72. The average Bonchev–Trinajstić information content (AvgIpc) is 3.46. The molecule has 12 nitrogen and oxygen atoms in total. The number of H-pyrrole nitrogens is 1. The molecule has 1 aromatic carbocycles. The smallest absolute Gasteiger partial charge is 0.247 e. The second kappa shape index (κ2) is 10.7. The van der Waals surface area contributed by atoms with Crippen molar-refractivity contribution in [1.82, 2.24) is 36.6 Å². The Labute approximate surface area is 190 Å². The molecule has 1 aromatic heterocycles. The lowest BCUT2D eigenvalue weighted by molar-refractivity contribution is -0.131. The van der Waals surface area contributed by atoms with Crippen molar-refractivity contribution in [3.05, 3.63) is 35.7 Å². The molecule has 4 amide bonds. The molecule has 2 unspecified atom stereocenters. The van der Waals surface area contributed by atoms with Crippen LogP contribution >= 0.6 is 0 Å². The number of aromatic amines is 1. The van der Waals surface area contributed by atoms with Gasteiger partial charge < -0.3 is 16.0 Å². The number of para-hydroxylation sites is 1. The van der Waals surface area contributed by atoms with Crippen LogP contribution in [-0.4, -0.2) is 62.9 Å². The highest BCUT2D eigenvalue weighted by Crippen LogP contribution is 2.32. The van der Waals surface area contributed by atoms with Crippen LogP contribution in [0.4, 0.5) is 5.69 Å². The van der Waals surface area contributed by atoms with Gasteiger partial charge in [-0.15, -0.1) is 10.2 Å². The molecule has 0 saturated heterocycles. The van der Waals surface area contributed by atoms with Gasteiger partial charge in [-0.3, -0.25) is 24.1 Å². The minimum atomic E-state index is -0.778. The Bertz CT molecular complexity index is 1010. The number of amides is 4. The minimum Gasteiger partial charge on any atom is -0.347 e. The van der Waals surface area contributed by atoms with Crippen molar-refractivity contribution in [1.29, 1.82) is 0 Å². The molecule has 33 heavy (non-hydrogen) atoms. The maximum Gasteiger partial charge on any atom is 0.247 e. The lowest BCUT2D eigenvalue weighted by Gasteiger charge is -2.26. The number of benzene rings is 1. The molecule has 3 atom stereocenters. The summed E-state index contributed by atoms with van der Waals surface area (Å²) in [5.74, 6) is -1.37. The van der Waals surface area contributed by atoms with E-state index in [2.05, 4.69) is 36.6 Å². The second-order valence-electron chi connectivity index (χ2n) is 7.94. The average molecular weight is 457 g/mol. The van der Waals surface area contributed by atoms with Gasteiger partial charge in [0.2, 0.25) is 23.6 Å². The largest absolute Gasteiger partial charge is 0.347 e. The van der Waals surface area contributed by atoms with Gasteiger partial charge in [0.25, 0.3) is 0 Å². The van der Waals surface area contributed by atoms with Gasteiger partial charge >= 0.3 is 0 Å². The predicted molar refractivity (Wildman–Crippen MR) is 118 cm³/mol. The number of aromatic nitrogens is 4. The zero-order valence-electron chi connectivity index (χ0n) is 18.8. The van der Waals surface area contributed by atoms with Crippen molar-refractivity contribution >= 4 is 29.3 Å². The van der Waals surface area contributed by atoms with Crippen molar-refractivity contribution in [3.63, 3.8) is 0 Å². The van der Waals surface area contributed by atoms with Crippen LogP contribution in [0.2, 0.25) is 0 Å². The number of hydrogen-bond acceptors (Lipinski definition) is 7. The maximum absolute atomic E-state index is 13.1. The molecule has 0 spiro atoms. The van der Waals surface area contributed by atoms with Crippen LogP contribution in [0.15, 0.2) is 24.3 Å². The van der Waals surface area contributed by atoms with Crippen LogP contribution in [0.25, 0.3) is 0 Å². The second-order valence-corrected chi connectivity index (χ2v) is 7.94. The Hall–Kier alpha value is -3.83. The van der Waals surface area contributed by atoms with Crippen LogP contribution in [0, 0.1) is 5.92 Å². The third-order valence-electron chi connectivity index (χ3n) is 5.63. The van der Waals surface area contributed by atoms with Gasteiger partial charge in [-0.2, -0.15) is 5.21 Å². The van der Waals surface area contributed by atoms with E-state index in [4.69, 9.17) is 0 Å². The number of tetrazole rings is 1. The van der Waals surface area contributed by atoms with Crippen molar-refractivity contribution in [2.24, 2.45) is 5.92 Å². The van der Waals surface area contributed by atoms with E-state index in [-0.39, 0.29) is 30.8 Å². The normalized spacial score (nSPS) is 16.5. The SMILES string of the molecule is CCC(C)C(NC(C)=O)C(=O)NCC(=O)N1c2ccccc2C[C@H]1C(=O)NCc1nn[nH]n1. The Morgan fingerprint density at radius 2 is 1.97 bits per heavy atom. The van der Waals surface area contributed by atoms with Crippen LogP contribution in [0.5, 0.6) is 0 Å². The molecule has 176 valence electrons. The first kappa shape index (κ1) is 23.8. The van der Waals surface area contributed by atoms with E-state index in [0.717, 1.165) is 5.56 Å². The van der Waals surface area contributed by atoms with Gasteiger partial charge in [0.05, 0.1) is 13.1 Å². The highest BCUT2D eigenvalue weighted by Gasteiger charge is 2.38. The van der Waals surface area contributed by atoms with E-state index in [1.807, 2.05) is 26.0 Å². The van der Waals surface area contributed by atoms with Gasteiger partial charge in [-0.05, 0) is 17.5 Å². The van der Waals surface area contributed by atoms with Crippen LogP contribution in [0.1, 0.15) is 38.6 Å². The van der Waals surface area contributed by atoms with Crippen LogP contribution in [-0.2, 0) is 32.1 Å². The van der Waals surface area contributed by atoms with Gasteiger partial charge in [0.1, 0.15) is 12.1 Å². The Morgan fingerprint density at radius 3 is 2.64 bits per heavy atom. The van der Waals surface area contributed by atoms with Gasteiger partial charge in [-0.25, -0.2) is 0 Å². The third kappa shape index (κ3) is 5.70. The molecule has 1 aliphatic heterocycles. The van der Waals surface area contributed by atoms with Crippen molar-refractivity contribution in [2.45, 2.75) is 52.2 Å². The van der Waals surface area contributed by atoms with Gasteiger partial charge in [-0.1, -0.05) is 43.7 Å². The molecule has 4 N–H and O–H groups in total. The summed E-state index contributed by atoms with van der Waals surface area (Å²) in [5, 5.41) is 21.3. The lowest BCUT2D eigenvalue weighted by atomic mass is 9.98. The molecule has 3 rings (SSSR count). The molecule has 2 aromatic rings. The number of carbonyl (C=O) groups is 4. The number of carbonyl (C=O) groups excluding carboxylic acids is 4. The van der Waals surface area contributed by atoms with Crippen molar-refractivity contribution in [3.8, 4) is 0 Å². The lowest BCUT2D eigenvalue weighted by Crippen LogP contribution is -2.54. The highest BCUT2D eigenvalue weighted by atomic mass is 16.2.